The van der Waals surface area contributed by atoms with Crippen molar-refractivity contribution in [2.75, 3.05) is 19.7 Å². The largest absolute Gasteiger partial charge is 0.367 e. The Balaban J connectivity index is 2.44. The van der Waals surface area contributed by atoms with E-state index in [1.807, 2.05) is 0 Å². The zero-order chi connectivity index (χ0) is 17.4. The summed E-state index contributed by atoms with van der Waals surface area (Å²) in [7, 11) is -4.66. The molecule has 12 heteroatoms. The number of rotatable bonds is 4. The Kier molecular flexibility index (Phi) is 4.58. The maximum Gasteiger partial charge on any atom is 0.275 e. The molecule has 0 radical (unpaired) electrons. The average molecular weight is 351 g/mol. The first-order valence-corrected chi connectivity index (χ1v) is 7.63. The third-order valence-corrected chi connectivity index (χ3v) is 5.06. The van der Waals surface area contributed by atoms with E-state index in [-0.39, 0.29) is 13.2 Å². The number of nitrogens with zero attached hydrogens (tertiary/aromatic N) is 2. The summed E-state index contributed by atoms with van der Waals surface area (Å²) in [5.74, 6) is -4.12. The molecule has 0 aliphatic carbocycles. The number of benzene rings is 1. The summed E-state index contributed by atoms with van der Waals surface area (Å²) < 4.78 is 58.1. The fraction of sp³-hybridized carbons (Fsp3) is 0.364. The van der Waals surface area contributed by atoms with Gasteiger partial charge in [-0.15, -0.1) is 0 Å². The van der Waals surface area contributed by atoms with Gasteiger partial charge in [-0.3, -0.25) is 14.9 Å². The SMILES string of the molecule is NC(=O)C1CN(S(=O)(=O)c2c(F)cc([N+](=O)[O-])cc2F)CCO1. The molecule has 9 nitrogen and oxygen atoms in total. The monoisotopic (exact) mass is 351 g/mol. The first-order chi connectivity index (χ1) is 10.6. The van der Waals surface area contributed by atoms with E-state index in [0.29, 0.717) is 16.4 Å². The summed E-state index contributed by atoms with van der Waals surface area (Å²) in [6.07, 6.45) is -1.25. The first-order valence-electron chi connectivity index (χ1n) is 6.19. The lowest BCUT2D eigenvalue weighted by Gasteiger charge is -2.30. The molecule has 0 bridgehead atoms. The molecule has 1 heterocycles. The van der Waals surface area contributed by atoms with Gasteiger partial charge in [0.05, 0.1) is 23.7 Å². The van der Waals surface area contributed by atoms with E-state index in [0.717, 1.165) is 0 Å². The molecule has 0 saturated carbocycles. The van der Waals surface area contributed by atoms with Crippen LogP contribution in [0.4, 0.5) is 14.5 Å². The summed E-state index contributed by atoms with van der Waals surface area (Å²) in [4.78, 5) is 19.2. The predicted octanol–water partition coefficient (Wildman–Crippen LogP) is -0.252. The predicted molar refractivity (Wildman–Crippen MR) is 70.7 cm³/mol. The second-order valence-electron chi connectivity index (χ2n) is 4.62. The summed E-state index contributed by atoms with van der Waals surface area (Å²) in [6.45, 7) is -0.946. The minimum absolute atomic E-state index is 0.191. The number of sulfonamides is 1. The quantitative estimate of drug-likeness (QED) is 0.587. The number of morpholine rings is 1. The molecule has 2 rings (SSSR count). The summed E-state index contributed by atoms with van der Waals surface area (Å²) in [5.41, 5.74) is 4.10. The van der Waals surface area contributed by atoms with Crippen LogP contribution < -0.4 is 5.73 Å². The fourth-order valence-electron chi connectivity index (χ4n) is 2.04. The fourth-order valence-corrected chi connectivity index (χ4v) is 3.56. The summed E-state index contributed by atoms with van der Waals surface area (Å²) >= 11 is 0. The first kappa shape index (κ1) is 17.2. The van der Waals surface area contributed by atoms with Gasteiger partial charge in [0.2, 0.25) is 15.9 Å². The molecule has 1 aliphatic rings. The van der Waals surface area contributed by atoms with E-state index in [1.54, 1.807) is 0 Å². The van der Waals surface area contributed by atoms with Crippen molar-refractivity contribution in [1.29, 1.82) is 0 Å². The van der Waals surface area contributed by atoms with Crippen molar-refractivity contribution in [2.45, 2.75) is 11.0 Å². The zero-order valence-corrected chi connectivity index (χ0v) is 12.3. The molecule has 1 fully saturated rings. The molecule has 0 aromatic heterocycles. The van der Waals surface area contributed by atoms with Crippen LogP contribution in [0.1, 0.15) is 0 Å². The number of hydrogen-bond acceptors (Lipinski definition) is 6. The highest BCUT2D eigenvalue weighted by Gasteiger charge is 2.37. The van der Waals surface area contributed by atoms with Crippen LogP contribution in [0, 0.1) is 21.7 Å². The molecule has 23 heavy (non-hydrogen) atoms. The number of primary amides is 1. The van der Waals surface area contributed by atoms with Crippen LogP contribution in [0.3, 0.4) is 0 Å². The van der Waals surface area contributed by atoms with Crippen molar-refractivity contribution in [2.24, 2.45) is 5.73 Å². The van der Waals surface area contributed by atoms with Crippen molar-refractivity contribution in [3.05, 3.63) is 33.9 Å². The van der Waals surface area contributed by atoms with E-state index in [9.17, 15) is 32.1 Å². The second-order valence-corrected chi connectivity index (χ2v) is 6.50. The van der Waals surface area contributed by atoms with Crippen LogP contribution in [0.5, 0.6) is 0 Å². The number of carbonyl (C=O) groups excluding carboxylic acids is 1. The van der Waals surface area contributed by atoms with Gasteiger partial charge in [-0.25, -0.2) is 17.2 Å². The molecule has 1 aliphatic heterocycles. The Morgan fingerprint density at radius 3 is 2.43 bits per heavy atom. The van der Waals surface area contributed by atoms with Crippen molar-refractivity contribution in [1.82, 2.24) is 4.31 Å². The number of nitrogens with two attached hydrogens (primary N) is 1. The van der Waals surface area contributed by atoms with Crippen LogP contribution >= 0.6 is 0 Å². The highest BCUT2D eigenvalue weighted by molar-refractivity contribution is 7.89. The van der Waals surface area contributed by atoms with Crippen LogP contribution in [-0.4, -0.2) is 49.4 Å². The van der Waals surface area contributed by atoms with Gasteiger partial charge in [0.15, 0.2) is 16.5 Å². The van der Waals surface area contributed by atoms with Crippen molar-refractivity contribution in [3.63, 3.8) is 0 Å². The van der Waals surface area contributed by atoms with E-state index >= 15 is 0 Å². The number of amides is 1. The van der Waals surface area contributed by atoms with Crippen molar-refractivity contribution < 1.29 is 31.7 Å². The molecule has 1 amide bonds. The molecule has 1 saturated heterocycles. The molecule has 1 unspecified atom stereocenters. The molecule has 126 valence electrons. The Morgan fingerprint density at radius 2 is 1.96 bits per heavy atom. The Hall–Kier alpha value is -2.18. The van der Waals surface area contributed by atoms with Gasteiger partial charge in [0.1, 0.15) is 6.10 Å². The van der Waals surface area contributed by atoms with Gasteiger partial charge in [-0.1, -0.05) is 0 Å². The average Bonchev–Trinajstić information content (AvgIpc) is 2.46. The van der Waals surface area contributed by atoms with Crippen LogP contribution in [0.2, 0.25) is 0 Å². The lowest BCUT2D eigenvalue weighted by molar-refractivity contribution is -0.385. The number of nitro groups is 1. The second kappa shape index (κ2) is 6.14. The highest BCUT2D eigenvalue weighted by atomic mass is 32.2. The molecule has 1 aromatic rings. The molecular formula is C11H11F2N3O6S. The number of nitro benzene ring substituents is 1. The lowest BCUT2D eigenvalue weighted by Crippen LogP contribution is -2.50. The number of carbonyl (C=O) groups is 1. The zero-order valence-electron chi connectivity index (χ0n) is 11.4. The van der Waals surface area contributed by atoms with E-state index in [2.05, 4.69) is 0 Å². The minimum atomic E-state index is -4.66. The van der Waals surface area contributed by atoms with Gasteiger partial charge in [-0.2, -0.15) is 4.31 Å². The van der Waals surface area contributed by atoms with E-state index < -0.39 is 55.7 Å². The maximum absolute atomic E-state index is 13.9. The number of halogens is 2. The van der Waals surface area contributed by atoms with Crippen molar-refractivity contribution >= 4 is 21.6 Å². The van der Waals surface area contributed by atoms with Gasteiger partial charge in [-0.05, 0) is 0 Å². The number of non-ortho nitro benzene ring substituents is 1. The molecule has 2 N–H and O–H groups in total. The molecular weight excluding hydrogens is 340 g/mol. The summed E-state index contributed by atoms with van der Waals surface area (Å²) in [6, 6.07) is 0.615. The third-order valence-electron chi connectivity index (χ3n) is 3.14. The Morgan fingerprint density at radius 1 is 1.39 bits per heavy atom. The minimum Gasteiger partial charge on any atom is -0.367 e. The molecule has 0 spiro atoms. The van der Waals surface area contributed by atoms with Gasteiger partial charge >= 0.3 is 0 Å². The third kappa shape index (κ3) is 3.28. The normalized spacial score (nSPS) is 19.5. The van der Waals surface area contributed by atoms with Gasteiger partial charge < -0.3 is 10.5 Å². The van der Waals surface area contributed by atoms with Crippen LogP contribution in [0.15, 0.2) is 17.0 Å². The van der Waals surface area contributed by atoms with E-state index in [4.69, 9.17) is 10.5 Å². The Bertz CT molecular complexity index is 746. The molecule has 1 aromatic carbocycles. The Labute approximate surface area is 128 Å². The summed E-state index contributed by atoms with van der Waals surface area (Å²) in [5, 5.41) is 10.5. The maximum atomic E-state index is 13.9. The molecule has 1 atom stereocenters. The van der Waals surface area contributed by atoms with Crippen LogP contribution in [-0.2, 0) is 19.6 Å². The standard InChI is InChI=1S/C11H11F2N3O6S/c12-7-3-6(16(18)19)4-8(13)10(7)23(20,21)15-1-2-22-9(5-15)11(14)17/h3-4,9H,1-2,5H2,(H2,14,17). The highest BCUT2D eigenvalue weighted by Crippen LogP contribution is 2.28. The van der Waals surface area contributed by atoms with Gasteiger partial charge in [0, 0.05) is 13.1 Å². The van der Waals surface area contributed by atoms with Crippen LogP contribution in [0.25, 0.3) is 0 Å². The lowest BCUT2D eigenvalue weighted by atomic mass is 10.3. The van der Waals surface area contributed by atoms with E-state index in [1.165, 1.54) is 0 Å². The number of ether oxygens (including phenoxy) is 1. The number of hydrogen-bond donors (Lipinski definition) is 1. The van der Waals surface area contributed by atoms with Crippen molar-refractivity contribution in [3.8, 4) is 0 Å². The topological polar surface area (TPSA) is 133 Å². The smallest absolute Gasteiger partial charge is 0.275 e. The van der Waals surface area contributed by atoms with Gasteiger partial charge in [0.25, 0.3) is 5.69 Å².